The third-order valence-corrected chi connectivity index (χ3v) is 9.11. The number of nitrogens with zero attached hydrogens (tertiary/aromatic N) is 3. The van der Waals surface area contributed by atoms with Gasteiger partial charge in [0.25, 0.3) is 0 Å². The predicted octanol–water partition coefficient (Wildman–Crippen LogP) is 6.42. The molecule has 1 saturated heterocycles. The number of hydrogen-bond acceptors (Lipinski definition) is 4. The highest BCUT2D eigenvalue weighted by atomic mass is 35.5. The number of piperazine rings is 1. The van der Waals surface area contributed by atoms with E-state index in [1.165, 1.54) is 36.9 Å². The van der Waals surface area contributed by atoms with E-state index in [-0.39, 0.29) is 18.0 Å². The molecule has 1 heterocycles. The van der Waals surface area contributed by atoms with Crippen LogP contribution in [0.25, 0.3) is 0 Å². The molecular formula is C32H44Cl2N4O. The highest BCUT2D eigenvalue weighted by molar-refractivity contribution is 6.35. The Kier molecular flexibility index (Phi) is 9.43. The van der Waals surface area contributed by atoms with Gasteiger partial charge in [-0.3, -0.25) is 9.69 Å². The van der Waals surface area contributed by atoms with Gasteiger partial charge in [0.1, 0.15) is 0 Å². The summed E-state index contributed by atoms with van der Waals surface area (Å²) in [5.74, 6) is 2.24. The first-order valence-electron chi connectivity index (χ1n) is 14.8. The summed E-state index contributed by atoms with van der Waals surface area (Å²) in [5.41, 5.74) is 10.0. The maximum atomic E-state index is 14.2. The van der Waals surface area contributed by atoms with Gasteiger partial charge >= 0.3 is 0 Å². The Morgan fingerprint density at radius 1 is 0.974 bits per heavy atom. The van der Waals surface area contributed by atoms with Crippen molar-refractivity contribution < 1.29 is 4.79 Å². The number of hydrogen-bond donors (Lipinski definition) is 1. The molecule has 0 bridgehead atoms. The highest BCUT2D eigenvalue weighted by Gasteiger charge is 2.38. The molecule has 0 aromatic heterocycles. The fourth-order valence-electron chi connectivity index (χ4n) is 5.96. The first kappa shape index (κ1) is 28.7. The van der Waals surface area contributed by atoms with Crippen LogP contribution in [0.1, 0.15) is 63.1 Å². The second kappa shape index (κ2) is 12.8. The highest BCUT2D eigenvalue weighted by Crippen LogP contribution is 2.36. The van der Waals surface area contributed by atoms with Crippen molar-refractivity contribution in [1.82, 2.24) is 9.80 Å². The molecule has 1 amide bonds. The molecule has 0 radical (unpaired) electrons. The summed E-state index contributed by atoms with van der Waals surface area (Å²) >= 11 is 12.8. The molecule has 2 saturated carbocycles. The Morgan fingerprint density at radius 3 is 2.21 bits per heavy atom. The summed E-state index contributed by atoms with van der Waals surface area (Å²) in [5, 5.41) is 1.28. The zero-order valence-corrected chi connectivity index (χ0v) is 25.0. The van der Waals surface area contributed by atoms with E-state index in [1.807, 2.05) is 12.1 Å². The third kappa shape index (κ3) is 7.70. The SMILES string of the molecule is CC(C)CC(N)c1ccccc1N1CCN(C(=O)[C@@H](Cc2ccc(Cl)cc2Cl)N(CC2CC2)CC2CC2)CC1. The topological polar surface area (TPSA) is 52.8 Å². The van der Waals surface area contributed by atoms with Crippen LogP contribution in [0.4, 0.5) is 5.69 Å². The Balaban J connectivity index is 1.31. The van der Waals surface area contributed by atoms with Crippen molar-refractivity contribution in [3.8, 4) is 0 Å². The lowest BCUT2D eigenvalue weighted by molar-refractivity contribution is -0.137. The summed E-state index contributed by atoms with van der Waals surface area (Å²) in [4.78, 5) is 21.2. The molecule has 39 heavy (non-hydrogen) atoms. The van der Waals surface area contributed by atoms with E-state index in [0.29, 0.717) is 22.4 Å². The molecular weight excluding hydrogens is 527 g/mol. The number of para-hydroxylation sites is 1. The van der Waals surface area contributed by atoms with Crippen molar-refractivity contribution in [3.05, 3.63) is 63.6 Å². The fourth-order valence-corrected chi connectivity index (χ4v) is 6.45. The van der Waals surface area contributed by atoms with Crippen molar-refractivity contribution in [3.63, 3.8) is 0 Å². The quantitative estimate of drug-likeness (QED) is 0.320. The van der Waals surface area contributed by atoms with Crippen molar-refractivity contribution >= 4 is 34.8 Å². The number of carbonyl (C=O) groups excluding carboxylic acids is 1. The minimum atomic E-state index is -0.192. The van der Waals surface area contributed by atoms with Gasteiger partial charge in [0.15, 0.2) is 0 Å². The van der Waals surface area contributed by atoms with Crippen molar-refractivity contribution in [2.75, 3.05) is 44.2 Å². The number of benzene rings is 2. The predicted molar refractivity (Wildman–Crippen MR) is 163 cm³/mol. The normalized spacial score (nSPS) is 19.6. The van der Waals surface area contributed by atoms with Crippen LogP contribution < -0.4 is 10.6 Å². The molecule has 2 aliphatic carbocycles. The molecule has 2 aromatic rings. The number of anilines is 1. The first-order chi connectivity index (χ1) is 18.8. The van der Waals surface area contributed by atoms with E-state index < -0.39 is 0 Å². The molecule has 2 N–H and O–H groups in total. The van der Waals surface area contributed by atoms with Crippen molar-refractivity contribution in [2.24, 2.45) is 23.5 Å². The molecule has 212 valence electrons. The van der Waals surface area contributed by atoms with Crippen LogP contribution >= 0.6 is 23.2 Å². The second-order valence-electron chi connectivity index (χ2n) is 12.4. The summed E-state index contributed by atoms with van der Waals surface area (Å²) in [6, 6.07) is 14.0. The number of amides is 1. The Hall–Kier alpha value is -1.79. The van der Waals surface area contributed by atoms with Crippen molar-refractivity contribution in [1.29, 1.82) is 0 Å². The van der Waals surface area contributed by atoms with Crippen LogP contribution in [0.15, 0.2) is 42.5 Å². The number of carbonyl (C=O) groups is 1. The molecule has 0 spiro atoms. The lowest BCUT2D eigenvalue weighted by atomic mass is 9.96. The molecule has 7 heteroatoms. The zero-order chi connectivity index (χ0) is 27.5. The minimum absolute atomic E-state index is 0.0211. The van der Waals surface area contributed by atoms with Crippen molar-refractivity contribution in [2.45, 2.75) is 64.5 Å². The Bertz CT molecular complexity index is 1110. The second-order valence-corrected chi connectivity index (χ2v) is 13.2. The molecule has 1 aliphatic heterocycles. The first-order valence-corrected chi connectivity index (χ1v) is 15.6. The van der Waals surface area contributed by atoms with Crippen LogP contribution in [-0.4, -0.2) is 61.0 Å². The van der Waals surface area contributed by atoms with E-state index in [2.05, 4.69) is 52.8 Å². The molecule has 5 nitrogen and oxygen atoms in total. The van der Waals surface area contributed by atoms with Crippen LogP contribution in [0.3, 0.4) is 0 Å². The van der Waals surface area contributed by atoms with E-state index >= 15 is 0 Å². The standard InChI is InChI=1S/C32H44Cl2N4O/c1-22(2)17-29(35)27-5-3-4-6-30(27)36-13-15-37(16-14-36)32(39)31(18-25-11-12-26(33)19-28(25)34)38(20-23-7-8-23)21-24-9-10-24/h3-6,11-12,19,22-24,29,31H,7-10,13-18,20-21,35H2,1-2H3/t29?,31-/m1/s1. The fraction of sp³-hybridized carbons (Fsp3) is 0.594. The van der Waals surface area contributed by atoms with Crippen LogP contribution in [0.2, 0.25) is 10.0 Å². The number of nitrogens with two attached hydrogens (primary N) is 1. The van der Waals surface area contributed by atoms with Gasteiger partial charge in [0, 0.05) is 61.0 Å². The van der Waals surface area contributed by atoms with E-state index in [1.54, 1.807) is 6.07 Å². The smallest absolute Gasteiger partial charge is 0.240 e. The van der Waals surface area contributed by atoms with Crippen LogP contribution in [0, 0.1) is 17.8 Å². The summed E-state index contributed by atoms with van der Waals surface area (Å²) in [6.07, 6.45) is 6.70. The maximum Gasteiger partial charge on any atom is 0.240 e. The van der Waals surface area contributed by atoms with Gasteiger partial charge in [-0.05, 0) is 85.6 Å². The lowest BCUT2D eigenvalue weighted by Crippen LogP contribution is -2.56. The van der Waals surface area contributed by atoms with E-state index in [0.717, 1.165) is 63.1 Å². The third-order valence-electron chi connectivity index (χ3n) is 8.53. The molecule has 2 atom stereocenters. The Labute approximate surface area is 244 Å². The molecule has 3 fully saturated rings. The van der Waals surface area contributed by atoms with Crippen LogP contribution in [-0.2, 0) is 11.2 Å². The van der Waals surface area contributed by atoms with Crippen LogP contribution in [0.5, 0.6) is 0 Å². The van der Waals surface area contributed by atoms with E-state index in [9.17, 15) is 4.79 Å². The molecule has 2 aromatic carbocycles. The number of halogens is 2. The largest absolute Gasteiger partial charge is 0.368 e. The minimum Gasteiger partial charge on any atom is -0.368 e. The average molecular weight is 572 g/mol. The molecule has 3 aliphatic rings. The Morgan fingerprint density at radius 2 is 1.62 bits per heavy atom. The molecule has 5 rings (SSSR count). The zero-order valence-electron chi connectivity index (χ0n) is 23.5. The van der Waals surface area contributed by atoms with Gasteiger partial charge in [0.05, 0.1) is 6.04 Å². The number of rotatable bonds is 12. The summed E-state index contributed by atoms with van der Waals surface area (Å²) in [7, 11) is 0. The van der Waals surface area contributed by atoms with Gasteiger partial charge in [-0.25, -0.2) is 0 Å². The summed E-state index contributed by atoms with van der Waals surface area (Å²) in [6.45, 7) is 9.54. The average Bonchev–Trinajstić information content (AvgIpc) is 3.85. The van der Waals surface area contributed by atoms with Gasteiger partial charge in [-0.2, -0.15) is 0 Å². The maximum absolute atomic E-state index is 14.2. The van der Waals surface area contributed by atoms with Gasteiger partial charge in [-0.15, -0.1) is 0 Å². The summed E-state index contributed by atoms with van der Waals surface area (Å²) < 4.78 is 0. The van der Waals surface area contributed by atoms with Gasteiger partial charge < -0.3 is 15.5 Å². The van der Waals surface area contributed by atoms with E-state index in [4.69, 9.17) is 28.9 Å². The monoisotopic (exact) mass is 570 g/mol. The molecule has 1 unspecified atom stereocenters. The van der Waals surface area contributed by atoms with Gasteiger partial charge in [-0.1, -0.05) is 61.3 Å². The van der Waals surface area contributed by atoms with Gasteiger partial charge in [0.2, 0.25) is 5.91 Å². The lowest BCUT2D eigenvalue weighted by Gasteiger charge is -2.41.